The molecule has 0 atom stereocenters. The van der Waals surface area contributed by atoms with Crippen LogP contribution in [0.5, 0.6) is 5.75 Å². The number of hydrogen-bond acceptors (Lipinski definition) is 3. The van der Waals surface area contributed by atoms with Gasteiger partial charge in [-0.2, -0.15) is 0 Å². The van der Waals surface area contributed by atoms with Gasteiger partial charge in [0.2, 0.25) is 5.91 Å². The van der Waals surface area contributed by atoms with Crippen molar-refractivity contribution in [1.29, 1.82) is 0 Å². The molecular weight excluding hydrogens is 282 g/mol. The number of hydrogen-bond donors (Lipinski definition) is 1. The van der Waals surface area contributed by atoms with Gasteiger partial charge in [0.15, 0.2) is 0 Å². The molecule has 0 unspecified atom stereocenters. The highest BCUT2D eigenvalue weighted by Crippen LogP contribution is 2.19. The summed E-state index contributed by atoms with van der Waals surface area (Å²) >= 11 is 1.52. The first-order chi connectivity index (χ1) is 10.1. The van der Waals surface area contributed by atoms with Crippen LogP contribution in [0.3, 0.4) is 0 Å². The Kier molecular flexibility index (Phi) is 5.69. The normalized spacial score (nSPS) is 10.4. The first-order valence-corrected chi connectivity index (χ1v) is 7.86. The first-order valence-electron chi connectivity index (χ1n) is 6.88. The van der Waals surface area contributed by atoms with Crippen LogP contribution in [0.25, 0.3) is 0 Å². The Morgan fingerprint density at radius 2 is 1.76 bits per heavy atom. The standard InChI is InChI=1S/C17H19NO2S/c1-13(2)20-15-10-8-14(9-11-15)18-17(19)12-21-16-6-4-3-5-7-16/h3-11,13H,12H2,1-2H3,(H,18,19). The van der Waals surface area contributed by atoms with Crippen molar-refractivity contribution in [3.63, 3.8) is 0 Å². The molecule has 0 aliphatic heterocycles. The molecule has 0 spiro atoms. The molecule has 0 heterocycles. The van der Waals surface area contributed by atoms with E-state index in [1.807, 2.05) is 68.4 Å². The summed E-state index contributed by atoms with van der Waals surface area (Å²) < 4.78 is 5.56. The molecule has 0 saturated carbocycles. The minimum absolute atomic E-state index is 0.0126. The second-order valence-electron chi connectivity index (χ2n) is 4.84. The Hall–Kier alpha value is -1.94. The second-order valence-corrected chi connectivity index (χ2v) is 5.89. The van der Waals surface area contributed by atoms with E-state index in [1.165, 1.54) is 11.8 Å². The maximum atomic E-state index is 11.9. The van der Waals surface area contributed by atoms with Crippen LogP contribution in [-0.2, 0) is 4.79 Å². The van der Waals surface area contributed by atoms with Gasteiger partial charge in [-0.3, -0.25) is 4.79 Å². The lowest BCUT2D eigenvalue weighted by Crippen LogP contribution is -2.14. The molecule has 0 aromatic heterocycles. The SMILES string of the molecule is CC(C)Oc1ccc(NC(=O)CSc2ccccc2)cc1. The van der Waals surface area contributed by atoms with Crippen molar-refractivity contribution in [3.05, 3.63) is 54.6 Å². The van der Waals surface area contributed by atoms with Gasteiger partial charge >= 0.3 is 0 Å². The lowest BCUT2D eigenvalue weighted by Gasteiger charge is -2.10. The maximum absolute atomic E-state index is 11.9. The predicted molar refractivity (Wildman–Crippen MR) is 88.0 cm³/mol. The van der Waals surface area contributed by atoms with E-state index in [0.717, 1.165) is 16.3 Å². The number of amides is 1. The van der Waals surface area contributed by atoms with Gasteiger partial charge in [0.1, 0.15) is 5.75 Å². The van der Waals surface area contributed by atoms with E-state index in [-0.39, 0.29) is 12.0 Å². The van der Waals surface area contributed by atoms with Crippen molar-refractivity contribution >= 4 is 23.4 Å². The molecule has 110 valence electrons. The van der Waals surface area contributed by atoms with Crippen LogP contribution in [0.4, 0.5) is 5.69 Å². The molecule has 3 nitrogen and oxygen atoms in total. The number of benzene rings is 2. The first kappa shape index (κ1) is 15.4. The molecule has 2 aromatic carbocycles. The lowest BCUT2D eigenvalue weighted by molar-refractivity contribution is -0.113. The van der Waals surface area contributed by atoms with Crippen molar-refractivity contribution < 1.29 is 9.53 Å². The zero-order chi connectivity index (χ0) is 15.1. The molecular formula is C17H19NO2S. The van der Waals surface area contributed by atoms with Crippen LogP contribution >= 0.6 is 11.8 Å². The predicted octanol–water partition coefficient (Wildman–Crippen LogP) is 4.20. The van der Waals surface area contributed by atoms with Gasteiger partial charge < -0.3 is 10.1 Å². The third kappa shape index (κ3) is 5.52. The molecule has 21 heavy (non-hydrogen) atoms. The average molecular weight is 301 g/mol. The van der Waals surface area contributed by atoms with Crippen LogP contribution in [0, 0.1) is 0 Å². The largest absolute Gasteiger partial charge is 0.491 e. The molecule has 4 heteroatoms. The van der Waals surface area contributed by atoms with Crippen molar-refractivity contribution in [3.8, 4) is 5.75 Å². The van der Waals surface area contributed by atoms with Crippen LogP contribution in [-0.4, -0.2) is 17.8 Å². The Morgan fingerprint density at radius 1 is 1.10 bits per heavy atom. The van der Waals surface area contributed by atoms with E-state index >= 15 is 0 Å². The zero-order valence-electron chi connectivity index (χ0n) is 12.2. The molecule has 2 aromatic rings. The lowest BCUT2D eigenvalue weighted by atomic mass is 10.3. The minimum atomic E-state index is -0.0126. The van der Waals surface area contributed by atoms with E-state index in [0.29, 0.717) is 5.75 Å². The Morgan fingerprint density at radius 3 is 2.38 bits per heavy atom. The average Bonchev–Trinajstić information content (AvgIpc) is 2.48. The van der Waals surface area contributed by atoms with Crippen LogP contribution in [0.2, 0.25) is 0 Å². The Balaban J connectivity index is 1.82. The highest BCUT2D eigenvalue weighted by atomic mass is 32.2. The highest BCUT2D eigenvalue weighted by Gasteiger charge is 2.04. The number of rotatable bonds is 6. The fourth-order valence-corrected chi connectivity index (χ4v) is 2.47. The summed E-state index contributed by atoms with van der Waals surface area (Å²) in [5.74, 6) is 1.19. The minimum Gasteiger partial charge on any atom is -0.491 e. The number of carbonyl (C=O) groups excluding carboxylic acids is 1. The summed E-state index contributed by atoms with van der Waals surface area (Å²) in [6.45, 7) is 3.97. The molecule has 0 saturated heterocycles. The smallest absolute Gasteiger partial charge is 0.234 e. The van der Waals surface area contributed by atoms with Crippen molar-refractivity contribution in [2.45, 2.75) is 24.8 Å². The fourth-order valence-electron chi connectivity index (χ4n) is 1.75. The van der Waals surface area contributed by atoms with Gasteiger partial charge in [-0.05, 0) is 50.2 Å². The van der Waals surface area contributed by atoms with E-state index in [4.69, 9.17) is 4.74 Å². The van der Waals surface area contributed by atoms with Crippen molar-refractivity contribution in [2.24, 2.45) is 0 Å². The number of thioether (sulfide) groups is 1. The van der Waals surface area contributed by atoms with Crippen LogP contribution in [0.1, 0.15) is 13.8 Å². The Bertz CT molecular complexity index is 567. The molecule has 0 bridgehead atoms. The van der Waals surface area contributed by atoms with E-state index in [1.54, 1.807) is 0 Å². The second kappa shape index (κ2) is 7.74. The van der Waals surface area contributed by atoms with Gasteiger partial charge in [-0.15, -0.1) is 11.8 Å². The number of anilines is 1. The quantitative estimate of drug-likeness (QED) is 0.812. The van der Waals surface area contributed by atoms with E-state index in [2.05, 4.69) is 5.32 Å². The fraction of sp³-hybridized carbons (Fsp3) is 0.235. The Labute approximate surface area is 129 Å². The van der Waals surface area contributed by atoms with Gasteiger partial charge in [-0.25, -0.2) is 0 Å². The third-order valence-electron chi connectivity index (χ3n) is 2.62. The van der Waals surface area contributed by atoms with Crippen LogP contribution < -0.4 is 10.1 Å². The van der Waals surface area contributed by atoms with E-state index < -0.39 is 0 Å². The van der Waals surface area contributed by atoms with Gasteiger partial charge in [0, 0.05) is 10.6 Å². The molecule has 1 amide bonds. The number of ether oxygens (including phenoxy) is 1. The topological polar surface area (TPSA) is 38.3 Å². The summed E-state index contributed by atoms with van der Waals surface area (Å²) in [5, 5.41) is 2.88. The summed E-state index contributed by atoms with van der Waals surface area (Å²) in [7, 11) is 0. The van der Waals surface area contributed by atoms with Gasteiger partial charge in [0.25, 0.3) is 0 Å². The molecule has 0 fully saturated rings. The summed E-state index contributed by atoms with van der Waals surface area (Å²) in [6, 6.07) is 17.3. The summed E-state index contributed by atoms with van der Waals surface area (Å²) in [5.41, 5.74) is 0.782. The maximum Gasteiger partial charge on any atom is 0.234 e. The van der Waals surface area contributed by atoms with Crippen molar-refractivity contribution in [2.75, 3.05) is 11.1 Å². The highest BCUT2D eigenvalue weighted by molar-refractivity contribution is 8.00. The molecule has 0 aliphatic carbocycles. The number of nitrogens with one attached hydrogen (secondary N) is 1. The van der Waals surface area contributed by atoms with Gasteiger partial charge in [-0.1, -0.05) is 18.2 Å². The van der Waals surface area contributed by atoms with Gasteiger partial charge in [0.05, 0.1) is 11.9 Å². The van der Waals surface area contributed by atoms with Crippen LogP contribution in [0.15, 0.2) is 59.5 Å². The zero-order valence-corrected chi connectivity index (χ0v) is 13.0. The monoisotopic (exact) mass is 301 g/mol. The molecule has 0 aliphatic rings. The summed E-state index contributed by atoms with van der Waals surface area (Å²) in [6.07, 6.45) is 0.146. The molecule has 2 rings (SSSR count). The third-order valence-corrected chi connectivity index (χ3v) is 3.64. The van der Waals surface area contributed by atoms with E-state index in [9.17, 15) is 4.79 Å². The molecule has 1 N–H and O–H groups in total. The van der Waals surface area contributed by atoms with Crippen molar-refractivity contribution in [1.82, 2.24) is 0 Å². The number of carbonyl (C=O) groups is 1. The summed E-state index contributed by atoms with van der Waals surface area (Å²) in [4.78, 5) is 13.0. The molecule has 0 radical (unpaired) electrons.